The second-order valence-electron chi connectivity index (χ2n) is 7.50. The molecule has 6 heteroatoms. The van der Waals surface area contributed by atoms with Gasteiger partial charge in [-0.1, -0.05) is 66.7 Å². The number of thioether (sulfide) groups is 1. The summed E-state index contributed by atoms with van der Waals surface area (Å²) in [5.41, 5.74) is 3.19. The lowest BCUT2D eigenvalue weighted by molar-refractivity contribution is -0.128. The average Bonchev–Trinajstić information content (AvgIpc) is 3.21. The first-order valence-corrected chi connectivity index (χ1v) is 11.7. The molecule has 1 aliphatic rings. The van der Waals surface area contributed by atoms with Crippen LogP contribution in [0.25, 0.3) is 0 Å². The molecular formula is C26H27NO4S. The number of nitrogens with zero attached hydrogens (tertiary/aromatic N) is 1. The molecule has 0 spiro atoms. The minimum atomic E-state index is -0.0556. The first-order chi connectivity index (χ1) is 15.7. The van der Waals surface area contributed by atoms with Gasteiger partial charge in [-0.05, 0) is 28.8 Å². The maximum Gasteiger partial charge on any atom is 0.233 e. The van der Waals surface area contributed by atoms with Crippen LogP contribution in [0.4, 0.5) is 0 Å². The molecule has 1 heterocycles. The van der Waals surface area contributed by atoms with E-state index in [-0.39, 0.29) is 11.3 Å². The molecule has 1 amide bonds. The van der Waals surface area contributed by atoms with Crippen molar-refractivity contribution in [2.24, 2.45) is 0 Å². The fourth-order valence-electron chi connectivity index (χ4n) is 3.54. The number of carbonyl (C=O) groups excluding carboxylic acids is 1. The third-order valence-electron chi connectivity index (χ3n) is 5.23. The van der Waals surface area contributed by atoms with Gasteiger partial charge in [-0.3, -0.25) is 4.79 Å². The summed E-state index contributed by atoms with van der Waals surface area (Å²) in [6, 6.07) is 26.1. The number of rotatable bonds is 10. The van der Waals surface area contributed by atoms with Crippen molar-refractivity contribution in [3.05, 3.63) is 95.6 Å². The number of carbonyl (C=O) groups is 1. The van der Waals surface area contributed by atoms with E-state index in [1.54, 1.807) is 18.9 Å². The van der Waals surface area contributed by atoms with Crippen LogP contribution in [0.15, 0.2) is 78.9 Å². The van der Waals surface area contributed by atoms with Crippen LogP contribution in [0, 0.1) is 0 Å². The highest BCUT2D eigenvalue weighted by molar-refractivity contribution is 8.00. The summed E-state index contributed by atoms with van der Waals surface area (Å²) >= 11 is 1.63. The molecule has 0 aliphatic carbocycles. The largest absolute Gasteiger partial charge is 0.485 e. The maximum absolute atomic E-state index is 12.4. The number of benzene rings is 3. The van der Waals surface area contributed by atoms with Gasteiger partial charge in [0.2, 0.25) is 5.91 Å². The molecule has 3 aromatic carbocycles. The van der Waals surface area contributed by atoms with Crippen molar-refractivity contribution < 1.29 is 19.0 Å². The Labute approximate surface area is 193 Å². The van der Waals surface area contributed by atoms with Crippen LogP contribution in [-0.2, 0) is 22.7 Å². The summed E-state index contributed by atoms with van der Waals surface area (Å²) in [6.07, 6.45) is 0. The second-order valence-corrected chi connectivity index (χ2v) is 8.57. The molecule has 1 aliphatic heterocycles. The molecule has 0 radical (unpaired) electrons. The zero-order chi connectivity index (χ0) is 22.2. The normalized spacial score (nSPS) is 15.7. The molecule has 3 aromatic rings. The number of methoxy groups -OCH3 is 1. The molecule has 0 aromatic heterocycles. The molecule has 5 nitrogen and oxygen atoms in total. The van der Waals surface area contributed by atoms with Crippen LogP contribution in [0.2, 0.25) is 0 Å². The van der Waals surface area contributed by atoms with Crippen LogP contribution in [0.5, 0.6) is 11.5 Å². The molecule has 1 fully saturated rings. The lowest BCUT2D eigenvalue weighted by Crippen LogP contribution is -2.31. The highest BCUT2D eigenvalue weighted by atomic mass is 32.2. The summed E-state index contributed by atoms with van der Waals surface area (Å²) in [7, 11) is 1.65. The number of hydrogen-bond acceptors (Lipinski definition) is 5. The van der Waals surface area contributed by atoms with Gasteiger partial charge in [0.05, 0.1) is 12.4 Å². The van der Waals surface area contributed by atoms with Crippen molar-refractivity contribution in [3.63, 3.8) is 0 Å². The van der Waals surface area contributed by atoms with Gasteiger partial charge < -0.3 is 19.1 Å². The highest BCUT2D eigenvalue weighted by Gasteiger charge is 2.33. The Balaban J connectivity index is 1.56. The van der Waals surface area contributed by atoms with Crippen LogP contribution in [-0.4, -0.2) is 36.8 Å². The maximum atomic E-state index is 12.4. The van der Waals surface area contributed by atoms with Crippen molar-refractivity contribution in [2.75, 3.05) is 26.0 Å². The van der Waals surface area contributed by atoms with E-state index < -0.39 is 0 Å². The van der Waals surface area contributed by atoms with E-state index in [2.05, 4.69) is 0 Å². The lowest BCUT2D eigenvalue weighted by Gasteiger charge is -2.25. The molecule has 1 saturated heterocycles. The van der Waals surface area contributed by atoms with E-state index in [1.807, 2.05) is 83.8 Å². The Morgan fingerprint density at radius 1 is 0.875 bits per heavy atom. The third-order valence-corrected chi connectivity index (χ3v) is 6.49. The van der Waals surface area contributed by atoms with E-state index in [1.165, 1.54) is 0 Å². The molecule has 0 bridgehead atoms. The van der Waals surface area contributed by atoms with Crippen LogP contribution in [0.1, 0.15) is 22.1 Å². The predicted molar refractivity (Wildman–Crippen MR) is 127 cm³/mol. The Kier molecular flexibility index (Phi) is 7.69. The van der Waals surface area contributed by atoms with Gasteiger partial charge >= 0.3 is 0 Å². The lowest BCUT2D eigenvalue weighted by atomic mass is 10.1. The van der Waals surface area contributed by atoms with Crippen molar-refractivity contribution >= 4 is 17.7 Å². The minimum Gasteiger partial charge on any atom is -0.485 e. The summed E-state index contributed by atoms with van der Waals surface area (Å²) in [5.74, 6) is 1.97. The van der Waals surface area contributed by atoms with Gasteiger partial charge in [0.25, 0.3) is 0 Å². The Morgan fingerprint density at radius 2 is 1.50 bits per heavy atom. The molecule has 32 heavy (non-hydrogen) atoms. The topological polar surface area (TPSA) is 48.0 Å². The van der Waals surface area contributed by atoms with Gasteiger partial charge in [-0.15, -0.1) is 11.8 Å². The molecule has 1 atom stereocenters. The molecule has 4 rings (SSSR count). The van der Waals surface area contributed by atoms with Gasteiger partial charge in [0.1, 0.15) is 18.6 Å². The van der Waals surface area contributed by atoms with Gasteiger partial charge in [0, 0.05) is 13.7 Å². The first-order valence-electron chi connectivity index (χ1n) is 10.6. The monoisotopic (exact) mass is 449 g/mol. The Bertz CT molecular complexity index is 1010. The molecular weight excluding hydrogens is 422 g/mol. The first kappa shape index (κ1) is 22.2. The molecule has 0 N–H and O–H groups in total. The van der Waals surface area contributed by atoms with E-state index in [4.69, 9.17) is 14.2 Å². The Morgan fingerprint density at radius 3 is 2.12 bits per heavy atom. The molecule has 0 saturated carbocycles. The molecule has 0 unspecified atom stereocenters. The van der Waals surface area contributed by atoms with Crippen molar-refractivity contribution in [3.8, 4) is 11.5 Å². The van der Waals surface area contributed by atoms with E-state index in [0.29, 0.717) is 43.6 Å². The van der Waals surface area contributed by atoms with Crippen molar-refractivity contribution in [1.29, 1.82) is 0 Å². The average molecular weight is 450 g/mol. The Hall–Kier alpha value is -2.96. The van der Waals surface area contributed by atoms with Gasteiger partial charge in [-0.2, -0.15) is 0 Å². The van der Waals surface area contributed by atoms with E-state index in [0.717, 1.165) is 16.7 Å². The number of amides is 1. The summed E-state index contributed by atoms with van der Waals surface area (Å²) in [5, 5.41) is -0.0556. The van der Waals surface area contributed by atoms with Crippen molar-refractivity contribution in [2.45, 2.75) is 18.6 Å². The fourth-order valence-corrected chi connectivity index (χ4v) is 4.75. The summed E-state index contributed by atoms with van der Waals surface area (Å²) in [6.45, 7) is 1.98. The zero-order valence-corrected chi connectivity index (χ0v) is 18.9. The quantitative estimate of drug-likeness (QED) is 0.433. The second kappa shape index (κ2) is 11.1. The fraction of sp³-hybridized carbons (Fsp3) is 0.269. The number of hydrogen-bond donors (Lipinski definition) is 0. The predicted octanol–water partition coefficient (Wildman–Crippen LogP) is 5.07. The smallest absolute Gasteiger partial charge is 0.233 e. The summed E-state index contributed by atoms with van der Waals surface area (Å²) in [4.78, 5) is 14.2. The number of ether oxygens (including phenoxy) is 3. The van der Waals surface area contributed by atoms with Crippen LogP contribution >= 0.6 is 11.8 Å². The van der Waals surface area contributed by atoms with E-state index in [9.17, 15) is 4.79 Å². The zero-order valence-electron chi connectivity index (χ0n) is 18.1. The minimum absolute atomic E-state index is 0.0556. The third kappa shape index (κ3) is 5.64. The standard InChI is InChI=1S/C26H27NO4S/c1-29-15-14-27-25(28)19-32-26(27)22-12-13-23(30-17-20-8-4-2-5-9-20)24(16-22)31-18-21-10-6-3-7-11-21/h2-13,16,26H,14-15,17-19H2,1H3/t26-/m0/s1. The van der Waals surface area contributed by atoms with E-state index >= 15 is 0 Å². The molecule has 166 valence electrons. The SMILES string of the molecule is COCCN1C(=O)CS[C@H]1c1ccc(OCc2ccccc2)c(OCc2ccccc2)c1. The van der Waals surface area contributed by atoms with Gasteiger partial charge in [0.15, 0.2) is 11.5 Å². The van der Waals surface area contributed by atoms with Crippen LogP contribution in [0.3, 0.4) is 0 Å². The van der Waals surface area contributed by atoms with Crippen molar-refractivity contribution in [1.82, 2.24) is 4.90 Å². The van der Waals surface area contributed by atoms with Crippen LogP contribution < -0.4 is 9.47 Å². The van der Waals surface area contributed by atoms with Gasteiger partial charge in [-0.25, -0.2) is 0 Å². The summed E-state index contributed by atoms with van der Waals surface area (Å²) < 4.78 is 17.5. The highest BCUT2D eigenvalue weighted by Crippen LogP contribution is 2.41.